The predicted molar refractivity (Wildman–Crippen MR) is 60.0 cm³/mol. The van der Waals surface area contributed by atoms with Crippen LogP contribution in [0.15, 0.2) is 24.3 Å². The van der Waals surface area contributed by atoms with Gasteiger partial charge in [-0.1, -0.05) is 18.2 Å². The Labute approximate surface area is 95.5 Å². The van der Waals surface area contributed by atoms with Gasteiger partial charge in [0.2, 0.25) is 0 Å². The van der Waals surface area contributed by atoms with E-state index in [-0.39, 0.29) is 11.2 Å². The van der Waals surface area contributed by atoms with Crippen molar-refractivity contribution >= 4 is 22.5 Å². The number of aromatic nitrogens is 4. The van der Waals surface area contributed by atoms with Crippen LogP contribution in [0, 0.1) is 6.92 Å². The zero-order valence-electron chi connectivity index (χ0n) is 8.95. The van der Waals surface area contributed by atoms with Crippen LogP contribution in [0.4, 0.5) is 0 Å². The van der Waals surface area contributed by atoms with E-state index in [4.69, 9.17) is 5.11 Å². The topological polar surface area (TPSA) is 80.4 Å². The van der Waals surface area contributed by atoms with Crippen LogP contribution in [0.25, 0.3) is 16.6 Å². The summed E-state index contributed by atoms with van der Waals surface area (Å²) < 4.78 is 1.47. The summed E-state index contributed by atoms with van der Waals surface area (Å²) in [7, 11) is 0. The molecule has 6 heteroatoms. The maximum atomic E-state index is 11.1. The third kappa shape index (κ3) is 1.27. The highest BCUT2D eigenvalue weighted by Crippen LogP contribution is 2.21. The number of tetrazole rings is 1. The fraction of sp³-hybridized carbons (Fsp3) is 0.0909. The number of fused-ring (bicyclic) bond motifs is 3. The van der Waals surface area contributed by atoms with Crippen molar-refractivity contribution in [2.45, 2.75) is 6.92 Å². The third-order valence-corrected chi connectivity index (χ3v) is 2.72. The highest BCUT2D eigenvalue weighted by molar-refractivity contribution is 5.99. The molecule has 0 atom stereocenters. The van der Waals surface area contributed by atoms with Gasteiger partial charge in [-0.2, -0.15) is 4.52 Å². The molecule has 0 saturated carbocycles. The molecule has 3 aromatic rings. The molecule has 0 aliphatic heterocycles. The monoisotopic (exact) mass is 228 g/mol. The van der Waals surface area contributed by atoms with Crippen LogP contribution >= 0.6 is 0 Å². The van der Waals surface area contributed by atoms with Crippen molar-refractivity contribution < 1.29 is 9.90 Å². The number of nitrogens with zero attached hydrogens (tertiary/aromatic N) is 4. The maximum absolute atomic E-state index is 11.1. The molecular formula is C11H8N4O2. The van der Waals surface area contributed by atoms with Crippen molar-refractivity contribution in [2.75, 3.05) is 0 Å². The molecule has 0 radical (unpaired) electrons. The van der Waals surface area contributed by atoms with Crippen LogP contribution in [0.1, 0.15) is 15.9 Å². The average Bonchev–Trinajstić information content (AvgIpc) is 2.76. The normalized spacial score (nSPS) is 11.1. The van der Waals surface area contributed by atoms with E-state index in [2.05, 4.69) is 15.5 Å². The number of hydrogen-bond acceptors (Lipinski definition) is 4. The van der Waals surface area contributed by atoms with Crippen molar-refractivity contribution in [1.29, 1.82) is 0 Å². The summed E-state index contributed by atoms with van der Waals surface area (Å²) in [5, 5.41) is 21.1. The molecule has 6 nitrogen and oxygen atoms in total. The van der Waals surface area contributed by atoms with Crippen molar-refractivity contribution in [2.24, 2.45) is 0 Å². The lowest BCUT2D eigenvalue weighted by atomic mass is 10.1. The molecule has 0 fully saturated rings. The first-order chi connectivity index (χ1) is 8.18. The van der Waals surface area contributed by atoms with Crippen molar-refractivity contribution in [3.8, 4) is 0 Å². The number of rotatable bonds is 1. The molecule has 3 rings (SSSR count). The van der Waals surface area contributed by atoms with Crippen LogP contribution in [-0.2, 0) is 0 Å². The van der Waals surface area contributed by atoms with Gasteiger partial charge < -0.3 is 5.11 Å². The van der Waals surface area contributed by atoms with Gasteiger partial charge in [-0.05, 0) is 29.0 Å². The molecule has 0 aliphatic carbocycles. The number of hydrogen-bond donors (Lipinski definition) is 1. The Bertz CT molecular complexity index is 748. The Morgan fingerprint density at radius 3 is 3.00 bits per heavy atom. The fourth-order valence-electron chi connectivity index (χ4n) is 1.97. The third-order valence-electron chi connectivity index (χ3n) is 2.72. The molecule has 1 N–H and O–H groups in total. The van der Waals surface area contributed by atoms with Crippen LogP contribution in [0.5, 0.6) is 0 Å². The zero-order valence-corrected chi connectivity index (χ0v) is 8.95. The van der Waals surface area contributed by atoms with E-state index in [0.717, 1.165) is 16.5 Å². The molecule has 84 valence electrons. The largest absolute Gasteiger partial charge is 0.478 e. The summed E-state index contributed by atoms with van der Waals surface area (Å²) in [6.45, 7) is 1.93. The quantitative estimate of drug-likeness (QED) is 0.678. The summed E-state index contributed by atoms with van der Waals surface area (Å²) >= 11 is 0. The first kappa shape index (κ1) is 9.71. The van der Waals surface area contributed by atoms with E-state index in [1.165, 1.54) is 4.52 Å². The van der Waals surface area contributed by atoms with Gasteiger partial charge in [0.05, 0.1) is 5.52 Å². The molecule has 1 aromatic carbocycles. The summed E-state index contributed by atoms with van der Waals surface area (Å²) in [6, 6.07) is 7.25. The van der Waals surface area contributed by atoms with Gasteiger partial charge in [0.25, 0.3) is 0 Å². The maximum Gasteiger partial charge on any atom is 0.339 e. The number of aryl methyl sites for hydroxylation is 1. The lowest BCUT2D eigenvalue weighted by molar-refractivity contribution is 0.0698. The van der Waals surface area contributed by atoms with E-state index in [0.29, 0.717) is 0 Å². The first-order valence-electron chi connectivity index (χ1n) is 5.02. The second-order valence-corrected chi connectivity index (χ2v) is 3.79. The number of carboxylic acid groups (broad SMARTS) is 1. The molecule has 2 heterocycles. The molecule has 17 heavy (non-hydrogen) atoms. The average molecular weight is 228 g/mol. The Morgan fingerprint density at radius 2 is 2.24 bits per heavy atom. The zero-order chi connectivity index (χ0) is 12.0. The van der Waals surface area contributed by atoms with Gasteiger partial charge in [0.1, 0.15) is 5.56 Å². The Hall–Kier alpha value is -2.50. The number of carbonyl (C=O) groups is 1. The highest BCUT2D eigenvalue weighted by atomic mass is 16.4. The van der Waals surface area contributed by atoms with E-state index < -0.39 is 5.97 Å². The molecule has 0 spiro atoms. The lowest BCUT2D eigenvalue weighted by Gasteiger charge is -2.05. The number of carboxylic acids is 1. The lowest BCUT2D eigenvalue weighted by Crippen LogP contribution is -2.03. The highest BCUT2D eigenvalue weighted by Gasteiger charge is 2.15. The van der Waals surface area contributed by atoms with Gasteiger partial charge in [-0.25, -0.2) is 4.79 Å². The molecule has 0 saturated heterocycles. The van der Waals surface area contributed by atoms with Crippen molar-refractivity contribution in [3.05, 3.63) is 35.4 Å². The minimum Gasteiger partial charge on any atom is -0.478 e. The summed E-state index contributed by atoms with van der Waals surface area (Å²) in [5.74, 6) is -1.03. The number of para-hydroxylation sites is 1. The summed E-state index contributed by atoms with van der Waals surface area (Å²) in [6.07, 6.45) is 0. The number of benzene rings is 1. The number of pyridine rings is 1. The van der Waals surface area contributed by atoms with Crippen LogP contribution < -0.4 is 0 Å². The molecule has 0 bridgehead atoms. The van der Waals surface area contributed by atoms with E-state index in [1.54, 1.807) is 6.07 Å². The van der Waals surface area contributed by atoms with Gasteiger partial charge in [0.15, 0.2) is 5.65 Å². The molecule has 2 aromatic heterocycles. The Kier molecular flexibility index (Phi) is 1.85. The smallest absolute Gasteiger partial charge is 0.339 e. The first-order valence-corrected chi connectivity index (χ1v) is 5.02. The van der Waals surface area contributed by atoms with Gasteiger partial charge >= 0.3 is 5.97 Å². The minimum atomic E-state index is -1.03. The second-order valence-electron chi connectivity index (χ2n) is 3.79. The molecular weight excluding hydrogens is 220 g/mol. The van der Waals surface area contributed by atoms with E-state index >= 15 is 0 Å². The van der Waals surface area contributed by atoms with Gasteiger partial charge in [-0.15, -0.1) is 5.10 Å². The summed E-state index contributed by atoms with van der Waals surface area (Å²) in [4.78, 5) is 11.1. The van der Waals surface area contributed by atoms with E-state index in [9.17, 15) is 4.79 Å². The van der Waals surface area contributed by atoms with Crippen LogP contribution in [0.3, 0.4) is 0 Å². The number of aromatic carboxylic acids is 1. The van der Waals surface area contributed by atoms with Crippen molar-refractivity contribution in [3.63, 3.8) is 0 Å². The SMILES string of the molecule is Cc1cccc2cc(C(=O)O)c3nnnn3c12. The fourth-order valence-corrected chi connectivity index (χ4v) is 1.97. The second kappa shape index (κ2) is 3.24. The molecule has 0 unspecified atom stereocenters. The van der Waals surface area contributed by atoms with Crippen molar-refractivity contribution in [1.82, 2.24) is 20.0 Å². The predicted octanol–water partition coefficient (Wildman–Crippen LogP) is 1.28. The van der Waals surface area contributed by atoms with E-state index in [1.807, 2.05) is 25.1 Å². The van der Waals surface area contributed by atoms with Crippen LogP contribution in [-0.4, -0.2) is 31.1 Å². The Morgan fingerprint density at radius 1 is 1.41 bits per heavy atom. The Balaban J connectivity index is 2.61. The van der Waals surface area contributed by atoms with Gasteiger partial charge in [-0.3, -0.25) is 0 Å². The summed E-state index contributed by atoms with van der Waals surface area (Å²) in [5.41, 5.74) is 2.20. The standard InChI is InChI=1S/C11H8N4O2/c1-6-3-2-4-7-5-8(11(16)17)10-12-13-14-15(10)9(6)7/h2-5H,1H3,(H,16,17). The minimum absolute atomic E-state index is 0.105. The van der Waals surface area contributed by atoms with Gasteiger partial charge in [0, 0.05) is 5.39 Å². The van der Waals surface area contributed by atoms with Crippen LogP contribution in [0.2, 0.25) is 0 Å². The molecule has 0 aliphatic rings. The molecule has 0 amide bonds.